The van der Waals surface area contributed by atoms with E-state index < -0.39 is 17.7 Å². The average Bonchev–Trinajstić information content (AvgIpc) is 3.40. The molecule has 0 saturated carbocycles. The summed E-state index contributed by atoms with van der Waals surface area (Å²) in [7, 11) is 1.93. The highest BCUT2D eigenvalue weighted by molar-refractivity contribution is 6.51. The van der Waals surface area contributed by atoms with Crippen LogP contribution in [0.25, 0.3) is 16.7 Å². The van der Waals surface area contributed by atoms with Crippen LogP contribution in [0.4, 0.5) is 5.69 Å². The molecule has 2 heterocycles. The lowest BCUT2D eigenvalue weighted by atomic mass is 9.94. The van der Waals surface area contributed by atoms with E-state index in [0.717, 1.165) is 28.5 Å². The fourth-order valence-electron chi connectivity index (χ4n) is 5.00. The zero-order valence-electron chi connectivity index (χ0n) is 22.1. The molecule has 1 saturated heterocycles. The molecule has 0 bridgehead atoms. The molecule has 0 radical (unpaired) electrons. The molecule has 1 amide bonds. The fraction of sp³-hybridized carbons (Fsp3) is 0.250. The number of amides is 1. The first-order valence-corrected chi connectivity index (χ1v) is 13.0. The summed E-state index contributed by atoms with van der Waals surface area (Å²) in [5.41, 5.74) is 4.01. The number of hydrogen-bond acceptors (Lipinski definition) is 4. The van der Waals surface area contributed by atoms with Crippen molar-refractivity contribution in [1.82, 2.24) is 4.57 Å². The quantitative estimate of drug-likeness (QED) is 0.178. The number of aromatic nitrogens is 1. The molecule has 6 nitrogen and oxygen atoms in total. The molecular formula is C32H32N2O4. The van der Waals surface area contributed by atoms with Crippen molar-refractivity contribution in [3.05, 3.63) is 101 Å². The van der Waals surface area contributed by atoms with E-state index in [9.17, 15) is 14.7 Å². The lowest BCUT2D eigenvalue weighted by molar-refractivity contribution is -0.132. The number of ether oxygens (including phenoxy) is 1. The standard InChI is InChI=1S/C32H32N2O4/c1-5-21-10-14-23(15-11-21)34-29(26-18-33(4)27-9-7-6-8-25(26)27)28(31(36)32(34)37)30(35)22-12-16-24(17-13-22)38-19-20(2)3/h6-18,20,29,35H,5,19H2,1-4H3/b30-28+. The number of benzene rings is 3. The Morgan fingerprint density at radius 2 is 1.66 bits per heavy atom. The van der Waals surface area contributed by atoms with E-state index >= 15 is 0 Å². The molecule has 38 heavy (non-hydrogen) atoms. The molecule has 1 fully saturated rings. The van der Waals surface area contributed by atoms with Crippen LogP contribution in [0.1, 0.15) is 43.5 Å². The Morgan fingerprint density at radius 1 is 0.974 bits per heavy atom. The largest absolute Gasteiger partial charge is 0.507 e. The lowest BCUT2D eigenvalue weighted by Gasteiger charge is -2.25. The fourth-order valence-corrected chi connectivity index (χ4v) is 5.00. The van der Waals surface area contributed by atoms with Crippen molar-refractivity contribution in [2.24, 2.45) is 13.0 Å². The summed E-state index contributed by atoms with van der Waals surface area (Å²) in [6.45, 7) is 6.79. The van der Waals surface area contributed by atoms with Crippen molar-refractivity contribution >= 4 is 34.0 Å². The molecule has 4 aromatic rings. The summed E-state index contributed by atoms with van der Waals surface area (Å²) >= 11 is 0. The monoisotopic (exact) mass is 508 g/mol. The molecule has 1 unspecified atom stereocenters. The average molecular weight is 509 g/mol. The summed E-state index contributed by atoms with van der Waals surface area (Å²) < 4.78 is 7.75. The number of ketones is 1. The van der Waals surface area contributed by atoms with Gasteiger partial charge in [-0.25, -0.2) is 0 Å². The number of carbonyl (C=O) groups excluding carboxylic acids is 2. The van der Waals surface area contributed by atoms with Crippen molar-refractivity contribution in [2.45, 2.75) is 33.2 Å². The number of Topliss-reactive ketones (excluding diaryl/α,β-unsaturated/α-hetero) is 1. The number of carbonyl (C=O) groups is 2. The van der Waals surface area contributed by atoms with Crippen molar-refractivity contribution in [2.75, 3.05) is 11.5 Å². The zero-order chi connectivity index (χ0) is 27.0. The van der Waals surface area contributed by atoms with Gasteiger partial charge in [0, 0.05) is 41.0 Å². The van der Waals surface area contributed by atoms with E-state index in [-0.39, 0.29) is 11.3 Å². The Hall–Kier alpha value is -4.32. The Kier molecular flexibility index (Phi) is 6.81. The number of hydrogen-bond donors (Lipinski definition) is 1. The van der Waals surface area contributed by atoms with E-state index in [1.54, 1.807) is 24.3 Å². The van der Waals surface area contributed by atoms with Gasteiger partial charge in [0.2, 0.25) is 0 Å². The van der Waals surface area contributed by atoms with E-state index in [2.05, 4.69) is 20.8 Å². The number of aliphatic hydroxyl groups is 1. The molecule has 0 aliphatic carbocycles. The third kappa shape index (κ3) is 4.47. The van der Waals surface area contributed by atoms with Gasteiger partial charge in [0.15, 0.2) is 0 Å². The Morgan fingerprint density at radius 3 is 2.32 bits per heavy atom. The molecule has 1 atom stereocenters. The number of fused-ring (bicyclic) bond motifs is 1. The Balaban J connectivity index is 1.67. The number of anilines is 1. The first kappa shape index (κ1) is 25.3. The molecule has 1 aromatic heterocycles. The predicted molar refractivity (Wildman–Crippen MR) is 150 cm³/mol. The Bertz CT molecular complexity index is 1530. The van der Waals surface area contributed by atoms with Gasteiger partial charge in [-0.05, 0) is 60.4 Å². The van der Waals surface area contributed by atoms with Gasteiger partial charge in [0.05, 0.1) is 18.2 Å². The van der Waals surface area contributed by atoms with Gasteiger partial charge in [-0.2, -0.15) is 0 Å². The highest BCUT2D eigenvalue weighted by Crippen LogP contribution is 2.44. The van der Waals surface area contributed by atoms with Crippen molar-refractivity contribution in [3.63, 3.8) is 0 Å². The van der Waals surface area contributed by atoms with Gasteiger partial charge < -0.3 is 14.4 Å². The Labute approximate surface area is 222 Å². The van der Waals surface area contributed by atoms with E-state index in [1.807, 2.05) is 66.3 Å². The molecule has 1 N–H and O–H groups in total. The first-order chi connectivity index (χ1) is 18.3. The van der Waals surface area contributed by atoms with Gasteiger partial charge in [0.1, 0.15) is 11.5 Å². The van der Waals surface area contributed by atoms with Crippen LogP contribution in [-0.4, -0.2) is 28.0 Å². The second kappa shape index (κ2) is 10.2. The predicted octanol–water partition coefficient (Wildman–Crippen LogP) is 6.40. The van der Waals surface area contributed by atoms with E-state index in [1.165, 1.54) is 4.90 Å². The van der Waals surface area contributed by atoms with Crippen LogP contribution >= 0.6 is 0 Å². The third-order valence-electron chi connectivity index (χ3n) is 7.00. The second-order valence-corrected chi connectivity index (χ2v) is 10.1. The second-order valence-electron chi connectivity index (χ2n) is 10.1. The topological polar surface area (TPSA) is 71.8 Å². The summed E-state index contributed by atoms with van der Waals surface area (Å²) in [6, 6.07) is 21.7. The molecule has 6 heteroatoms. The summed E-state index contributed by atoms with van der Waals surface area (Å²) in [5, 5.41) is 12.4. The minimum absolute atomic E-state index is 0.0711. The van der Waals surface area contributed by atoms with Crippen LogP contribution in [0.2, 0.25) is 0 Å². The number of aliphatic hydroxyl groups excluding tert-OH is 1. The summed E-state index contributed by atoms with van der Waals surface area (Å²) in [4.78, 5) is 28.6. The molecule has 3 aromatic carbocycles. The molecular weight excluding hydrogens is 476 g/mol. The summed E-state index contributed by atoms with van der Waals surface area (Å²) in [5.74, 6) is -0.515. The third-order valence-corrected chi connectivity index (χ3v) is 7.00. The number of para-hydroxylation sites is 1. The van der Waals surface area contributed by atoms with E-state index in [4.69, 9.17) is 4.74 Å². The maximum absolute atomic E-state index is 13.6. The summed E-state index contributed by atoms with van der Waals surface area (Å²) in [6.07, 6.45) is 2.80. The van der Waals surface area contributed by atoms with Crippen LogP contribution in [0, 0.1) is 5.92 Å². The lowest BCUT2D eigenvalue weighted by Crippen LogP contribution is -2.29. The normalized spacial score (nSPS) is 17.1. The highest BCUT2D eigenvalue weighted by Gasteiger charge is 2.47. The van der Waals surface area contributed by atoms with Crippen LogP contribution in [0.5, 0.6) is 5.75 Å². The van der Waals surface area contributed by atoms with Gasteiger partial charge in [-0.1, -0.05) is 51.1 Å². The smallest absolute Gasteiger partial charge is 0.300 e. The SMILES string of the molecule is CCc1ccc(N2C(=O)C(=O)/C(=C(/O)c3ccc(OCC(C)C)cc3)C2c2cn(C)c3ccccc23)cc1. The molecule has 1 aliphatic heterocycles. The van der Waals surface area contributed by atoms with Crippen molar-refractivity contribution in [1.29, 1.82) is 0 Å². The number of rotatable bonds is 7. The maximum Gasteiger partial charge on any atom is 0.300 e. The van der Waals surface area contributed by atoms with E-state index in [0.29, 0.717) is 29.5 Å². The van der Waals surface area contributed by atoms with Crippen LogP contribution in [0.3, 0.4) is 0 Å². The zero-order valence-corrected chi connectivity index (χ0v) is 22.1. The van der Waals surface area contributed by atoms with Gasteiger partial charge in [-0.15, -0.1) is 0 Å². The highest BCUT2D eigenvalue weighted by atomic mass is 16.5. The van der Waals surface area contributed by atoms with Crippen LogP contribution in [0.15, 0.2) is 84.6 Å². The van der Waals surface area contributed by atoms with Crippen molar-refractivity contribution < 1.29 is 19.4 Å². The van der Waals surface area contributed by atoms with Gasteiger partial charge >= 0.3 is 0 Å². The molecule has 1 aliphatic rings. The van der Waals surface area contributed by atoms with Gasteiger partial charge in [0.25, 0.3) is 11.7 Å². The van der Waals surface area contributed by atoms with Gasteiger partial charge in [-0.3, -0.25) is 14.5 Å². The van der Waals surface area contributed by atoms with Crippen molar-refractivity contribution in [3.8, 4) is 5.75 Å². The number of nitrogens with zero attached hydrogens (tertiary/aromatic N) is 2. The molecule has 194 valence electrons. The minimum atomic E-state index is -0.787. The minimum Gasteiger partial charge on any atom is -0.507 e. The molecule has 5 rings (SSSR count). The van der Waals surface area contributed by atoms with Crippen LogP contribution < -0.4 is 9.64 Å². The van der Waals surface area contributed by atoms with Crippen LogP contribution in [-0.2, 0) is 23.1 Å². The maximum atomic E-state index is 13.6. The molecule has 0 spiro atoms. The number of aryl methyl sites for hydroxylation is 2. The first-order valence-electron chi connectivity index (χ1n) is 13.0.